The molecule has 1 aliphatic rings. The number of rotatable bonds is 2. The van der Waals surface area contributed by atoms with E-state index in [4.69, 9.17) is 9.11 Å². The van der Waals surface area contributed by atoms with Crippen LogP contribution >= 0.6 is 0 Å². The Kier molecular flexibility index (Phi) is 5.92. The van der Waals surface area contributed by atoms with E-state index in [1.807, 2.05) is 6.92 Å². The summed E-state index contributed by atoms with van der Waals surface area (Å²) in [6.07, 6.45) is 6.67. The van der Waals surface area contributed by atoms with Crippen LogP contribution in [0.25, 0.3) is 0 Å². The molecular weight excluding hydrogens is 340 g/mol. The van der Waals surface area contributed by atoms with Gasteiger partial charge in [0.15, 0.2) is 0 Å². The lowest BCUT2D eigenvalue weighted by atomic mass is 9.91. The third kappa shape index (κ3) is 5.00. The Balaban J connectivity index is 0.000000231. The predicted molar refractivity (Wildman–Crippen MR) is 88.4 cm³/mol. The Labute approximate surface area is 137 Å². The first-order chi connectivity index (χ1) is 10.4. The Morgan fingerprint density at radius 2 is 1.52 bits per heavy atom. The molecule has 0 aromatic heterocycles. The molecule has 0 radical (unpaired) electrons. The van der Waals surface area contributed by atoms with Crippen LogP contribution in [0.5, 0.6) is 0 Å². The molecule has 2 unspecified atom stereocenters. The predicted octanol–water partition coefficient (Wildman–Crippen LogP) is 2.64. The van der Waals surface area contributed by atoms with Gasteiger partial charge in [0.05, 0.1) is 4.90 Å². The summed E-state index contributed by atoms with van der Waals surface area (Å²) in [4.78, 5) is -0.0666. The highest BCUT2D eigenvalue weighted by Crippen LogP contribution is 2.30. The van der Waals surface area contributed by atoms with Gasteiger partial charge in [-0.15, -0.1) is 0 Å². The van der Waals surface area contributed by atoms with Gasteiger partial charge in [-0.1, -0.05) is 48.9 Å². The van der Waals surface area contributed by atoms with E-state index >= 15 is 0 Å². The smallest absolute Gasteiger partial charge is 0.285 e. The molecule has 0 bridgehead atoms. The minimum absolute atomic E-state index is 0.0666. The van der Waals surface area contributed by atoms with E-state index in [1.54, 1.807) is 37.3 Å². The minimum atomic E-state index is -4.02. The first-order valence-electron chi connectivity index (χ1n) is 6.75. The topological polar surface area (TPSA) is 109 Å². The number of hydrogen-bond donors (Lipinski definition) is 2. The van der Waals surface area contributed by atoms with Crippen molar-refractivity contribution < 1.29 is 25.9 Å². The second-order valence-corrected chi connectivity index (χ2v) is 8.73. The lowest BCUT2D eigenvalue weighted by Crippen LogP contribution is -2.39. The van der Waals surface area contributed by atoms with Crippen LogP contribution in [0.4, 0.5) is 0 Å². The first-order valence-corrected chi connectivity index (χ1v) is 9.63. The van der Waals surface area contributed by atoms with Gasteiger partial charge in [0.1, 0.15) is 4.75 Å². The summed E-state index contributed by atoms with van der Waals surface area (Å²) >= 11 is 0. The van der Waals surface area contributed by atoms with Crippen LogP contribution in [0.2, 0.25) is 0 Å². The summed E-state index contributed by atoms with van der Waals surface area (Å²) in [6.45, 7) is 5.11. The van der Waals surface area contributed by atoms with Crippen molar-refractivity contribution in [1.82, 2.24) is 0 Å². The Morgan fingerprint density at radius 3 is 1.87 bits per heavy atom. The molecule has 0 spiro atoms. The fourth-order valence-electron chi connectivity index (χ4n) is 1.85. The molecule has 0 heterocycles. The van der Waals surface area contributed by atoms with Gasteiger partial charge in [0.25, 0.3) is 20.2 Å². The van der Waals surface area contributed by atoms with Crippen molar-refractivity contribution in [3.05, 3.63) is 54.1 Å². The molecule has 2 N–H and O–H groups in total. The summed E-state index contributed by atoms with van der Waals surface area (Å²) in [5.74, 6) is -0.197. The summed E-state index contributed by atoms with van der Waals surface area (Å²) in [7, 11) is -8.03. The molecule has 8 heteroatoms. The zero-order valence-corrected chi connectivity index (χ0v) is 14.7. The van der Waals surface area contributed by atoms with E-state index in [2.05, 4.69) is 0 Å². The van der Waals surface area contributed by atoms with E-state index < -0.39 is 25.0 Å². The lowest BCUT2D eigenvalue weighted by Gasteiger charge is -2.29. The maximum absolute atomic E-state index is 11.0. The molecular formula is C15H20O6S2. The third-order valence-electron chi connectivity index (χ3n) is 3.72. The van der Waals surface area contributed by atoms with Crippen LogP contribution in [0.1, 0.15) is 19.4 Å². The van der Waals surface area contributed by atoms with E-state index in [9.17, 15) is 16.8 Å². The summed E-state index contributed by atoms with van der Waals surface area (Å²) < 4.78 is 59.3. The van der Waals surface area contributed by atoms with Crippen molar-refractivity contribution in [2.45, 2.75) is 30.4 Å². The molecule has 2 atom stereocenters. The normalized spacial score (nSPS) is 24.0. The number of hydrogen-bond acceptors (Lipinski definition) is 4. The second kappa shape index (κ2) is 6.96. The van der Waals surface area contributed by atoms with Gasteiger partial charge in [0, 0.05) is 0 Å². The van der Waals surface area contributed by atoms with Crippen molar-refractivity contribution in [3.63, 3.8) is 0 Å². The standard InChI is InChI=1S/C8H12O3S.C7H8O3S/c1-7-5-3-4-6-8(7,2)12(9,10)11;1-6-2-4-7(5-3-6)11(8,9)10/h3-7H,1-2H3,(H,9,10,11);2-5H,1H3,(H,8,9,10). The van der Waals surface area contributed by atoms with Gasteiger partial charge in [-0.25, -0.2) is 0 Å². The zero-order valence-electron chi connectivity index (χ0n) is 13.0. The van der Waals surface area contributed by atoms with Crippen LogP contribution in [0.15, 0.2) is 53.5 Å². The highest BCUT2D eigenvalue weighted by atomic mass is 32.2. The third-order valence-corrected chi connectivity index (χ3v) is 6.20. The second-order valence-electron chi connectivity index (χ2n) is 5.48. The average molecular weight is 360 g/mol. The molecule has 6 nitrogen and oxygen atoms in total. The highest BCUT2D eigenvalue weighted by molar-refractivity contribution is 7.87. The van der Waals surface area contributed by atoms with Gasteiger partial charge >= 0.3 is 0 Å². The Hall–Kier alpha value is -1.48. The summed E-state index contributed by atoms with van der Waals surface area (Å²) in [6, 6.07) is 5.99. The molecule has 1 aromatic rings. The van der Waals surface area contributed by atoms with Crippen LogP contribution in [0, 0.1) is 12.8 Å². The molecule has 0 fully saturated rings. The van der Waals surface area contributed by atoms with Crippen molar-refractivity contribution >= 4 is 20.2 Å². The average Bonchev–Trinajstić information content (AvgIpc) is 2.41. The van der Waals surface area contributed by atoms with Gasteiger partial charge < -0.3 is 0 Å². The molecule has 23 heavy (non-hydrogen) atoms. The van der Waals surface area contributed by atoms with Crippen LogP contribution in [-0.4, -0.2) is 30.7 Å². The van der Waals surface area contributed by atoms with Gasteiger partial charge in [-0.05, 0) is 31.9 Å². The monoisotopic (exact) mass is 360 g/mol. The molecule has 0 saturated carbocycles. The number of aryl methyl sites for hydroxylation is 1. The molecule has 0 saturated heterocycles. The summed E-state index contributed by atoms with van der Waals surface area (Å²) in [5, 5.41) is 0. The van der Waals surface area contributed by atoms with Crippen LogP contribution in [-0.2, 0) is 20.2 Å². The maximum Gasteiger partial charge on any atom is 0.294 e. The molecule has 1 aromatic carbocycles. The molecule has 2 rings (SSSR count). The molecule has 0 aliphatic heterocycles. The van der Waals surface area contributed by atoms with E-state index in [-0.39, 0.29) is 10.8 Å². The van der Waals surface area contributed by atoms with Crippen molar-refractivity contribution in [2.75, 3.05) is 0 Å². The Bertz CT molecular complexity index is 804. The maximum atomic E-state index is 11.0. The number of allylic oxidation sites excluding steroid dienone is 3. The largest absolute Gasteiger partial charge is 0.294 e. The van der Waals surface area contributed by atoms with Crippen LogP contribution < -0.4 is 0 Å². The van der Waals surface area contributed by atoms with Crippen molar-refractivity contribution in [2.24, 2.45) is 5.92 Å². The fraction of sp³-hybridized carbons (Fsp3) is 0.333. The SMILES string of the molecule is CC1C=CC=CC1(C)S(=O)(=O)O.Cc1ccc(S(=O)(=O)O)cc1. The molecule has 1 aliphatic carbocycles. The quantitative estimate of drug-likeness (QED) is 0.785. The zero-order chi connectivity index (χ0) is 17.9. The fourth-order valence-corrected chi connectivity index (χ4v) is 3.13. The van der Waals surface area contributed by atoms with Gasteiger partial charge in [-0.3, -0.25) is 9.11 Å². The van der Waals surface area contributed by atoms with Crippen molar-refractivity contribution in [1.29, 1.82) is 0 Å². The Morgan fingerprint density at radius 1 is 1.00 bits per heavy atom. The lowest BCUT2D eigenvalue weighted by molar-refractivity contribution is 0.426. The first kappa shape index (κ1) is 19.6. The van der Waals surface area contributed by atoms with Gasteiger partial charge in [0.2, 0.25) is 0 Å². The van der Waals surface area contributed by atoms with Gasteiger partial charge in [-0.2, -0.15) is 16.8 Å². The van der Waals surface area contributed by atoms with E-state index in [1.165, 1.54) is 25.1 Å². The highest BCUT2D eigenvalue weighted by Gasteiger charge is 2.40. The molecule has 0 amide bonds. The van der Waals surface area contributed by atoms with Crippen molar-refractivity contribution in [3.8, 4) is 0 Å². The number of benzene rings is 1. The van der Waals surface area contributed by atoms with Crippen LogP contribution in [0.3, 0.4) is 0 Å². The minimum Gasteiger partial charge on any atom is -0.285 e. The van der Waals surface area contributed by atoms with E-state index in [0.717, 1.165) is 5.56 Å². The molecule has 128 valence electrons. The summed E-state index contributed by atoms with van der Waals surface area (Å²) in [5.41, 5.74) is 0.956. The van der Waals surface area contributed by atoms with E-state index in [0.29, 0.717) is 0 Å².